The molecule has 0 amide bonds. The molecule has 0 unspecified atom stereocenters. The summed E-state index contributed by atoms with van der Waals surface area (Å²) in [4.78, 5) is 6.45. The van der Waals surface area contributed by atoms with E-state index < -0.39 is 0 Å². The maximum absolute atomic E-state index is 8.81. The first kappa shape index (κ1) is 19.1. The molecular weight excluding hydrogens is 340 g/mol. The number of thiophene rings is 1. The summed E-state index contributed by atoms with van der Waals surface area (Å²) in [5.41, 5.74) is 2.44. The Balaban J connectivity index is 1.49. The topological polar surface area (TPSA) is 26.7 Å². The third kappa shape index (κ3) is 5.69. The van der Waals surface area contributed by atoms with Crippen LogP contribution in [0.3, 0.4) is 0 Å². The predicted molar refractivity (Wildman–Crippen MR) is 109 cm³/mol. The van der Waals surface area contributed by atoms with E-state index in [1.807, 2.05) is 0 Å². The molecule has 0 spiro atoms. The van der Waals surface area contributed by atoms with Gasteiger partial charge in [-0.25, -0.2) is 0 Å². The zero-order chi connectivity index (χ0) is 18.2. The first-order valence-corrected chi connectivity index (χ1v) is 10.3. The lowest BCUT2D eigenvalue weighted by Gasteiger charge is -2.37. The van der Waals surface area contributed by atoms with Crippen LogP contribution in [0.1, 0.15) is 28.8 Å². The molecule has 1 aliphatic heterocycles. The molecule has 0 radical (unpaired) electrons. The molecule has 3 nitrogen and oxygen atoms in total. The van der Waals surface area contributed by atoms with Gasteiger partial charge in [0, 0.05) is 41.5 Å². The van der Waals surface area contributed by atoms with Crippen LogP contribution in [0.4, 0.5) is 0 Å². The van der Waals surface area contributed by atoms with Crippen LogP contribution in [0.2, 0.25) is 0 Å². The number of piperidine rings is 1. The van der Waals surface area contributed by atoms with E-state index in [1.165, 1.54) is 29.8 Å². The molecule has 2 heterocycles. The second kappa shape index (κ2) is 9.89. The van der Waals surface area contributed by atoms with Crippen LogP contribution in [0.25, 0.3) is 0 Å². The van der Waals surface area contributed by atoms with Gasteiger partial charge in [0.2, 0.25) is 0 Å². The molecule has 0 aliphatic carbocycles. The lowest BCUT2D eigenvalue weighted by Crippen LogP contribution is -2.46. The molecule has 0 saturated carbocycles. The summed E-state index contributed by atoms with van der Waals surface area (Å²) in [6.45, 7) is 4.42. The molecular formula is C22H28N2OS. The van der Waals surface area contributed by atoms with Crippen molar-refractivity contribution in [2.24, 2.45) is 0 Å². The van der Waals surface area contributed by atoms with Gasteiger partial charge in [0.05, 0.1) is 0 Å². The monoisotopic (exact) mass is 368 g/mol. The zero-order valence-electron chi connectivity index (χ0n) is 15.5. The number of aliphatic hydroxyl groups excluding tert-OH is 1. The van der Waals surface area contributed by atoms with Crippen molar-refractivity contribution < 1.29 is 5.11 Å². The normalized spacial score (nSPS) is 17.9. The van der Waals surface area contributed by atoms with Gasteiger partial charge in [0.1, 0.15) is 6.61 Å². The van der Waals surface area contributed by atoms with Crippen molar-refractivity contribution >= 4 is 11.3 Å². The lowest BCUT2D eigenvalue weighted by molar-refractivity contribution is 0.113. The zero-order valence-corrected chi connectivity index (χ0v) is 16.3. The van der Waals surface area contributed by atoms with Gasteiger partial charge in [0.15, 0.2) is 0 Å². The molecule has 26 heavy (non-hydrogen) atoms. The molecule has 4 heteroatoms. The molecule has 1 atom stereocenters. The summed E-state index contributed by atoms with van der Waals surface area (Å²) < 4.78 is 0. The number of likely N-dealkylation sites (tertiary alicyclic amines) is 1. The quantitative estimate of drug-likeness (QED) is 0.793. The van der Waals surface area contributed by atoms with Gasteiger partial charge in [-0.1, -0.05) is 42.2 Å². The summed E-state index contributed by atoms with van der Waals surface area (Å²) in [5.74, 6) is 5.71. The second-order valence-electron chi connectivity index (χ2n) is 7.01. The van der Waals surface area contributed by atoms with E-state index in [4.69, 9.17) is 5.11 Å². The van der Waals surface area contributed by atoms with Crippen molar-refractivity contribution in [3.8, 4) is 11.8 Å². The number of rotatable bonds is 6. The fourth-order valence-electron chi connectivity index (χ4n) is 3.57. The lowest BCUT2D eigenvalue weighted by atomic mass is 10.0. The van der Waals surface area contributed by atoms with Gasteiger partial charge < -0.3 is 10.0 Å². The Morgan fingerprint density at radius 1 is 1.31 bits per heavy atom. The Hall–Kier alpha value is -1.64. The molecule has 1 aromatic carbocycles. The Morgan fingerprint density at radius 3 is 2.96 bits per heavy atom. The second-order valence-corrected chi connectivity index (χ2v) is 8.00. The highest BCUT2D eigenvalue weighted by Gasteiger charge is 2.23. The van der Waals surface area contributed by atoms with Gasteiger partial charge in [-0.15, -0.1) is 11.3 Å². The summed E-state index contributed by atoms with van der Waals surface area (Å²) >= 11 is 1.76. The van der Waals surface area contributed by atoms with E-state index >= 15 is 0 Å². The predicted octanol–water partition coefficient (Wildman–Crippen LogP) is 3.23. The van der Waals surface area contributed by atoms with Crippen LogP contribution in [-0.4, -0.2) is 54.2 Å². The number of benzene rings is 1. The van der Waals surface area contributed by atoms with Crippen LogP contribution in [0, 0.1) is 11.8 Å². The molecule has 1 saturated heterocycles. The van der Waals surface area contributed by atoms with Crippen molar-refractivity contribution in [3.05, 3.63) is 57.8 Å². The Morgan fingerprint density at radius 2 is 2.15 bits per heavy atom. The third-order valence-electron chi connectivity index (χ3n) is 5.03. The van der Waals surface area contributed by atoms with E-state index in [2.05, 4.69) is 70.5 Å². The fourth-order valence-corrected chi connectivity index (χ4v) is 4.45. The molecule has 2 aromatic rings. The van der Waals surface area contributed by atoms with Crippen molar-refractivity contribution in [1.82, 2.24) is 9.80 Å². The smallest absolute Gasteiger partial charge is 0.104 e. The van der Waals surface area contributed by atoms with Gasteiger partial charge in [-0.05, 0) is 44.5 Å². The van der Waals surface area contributed by atoms with Crippen LogP contribution in [0.5, 0.6) is 0 Å². The molecule has 3 rings (SSSR count). The average molecular weight is 369 g/mol. The van der Waals surface area contributed by atoms with Crippen molar-refractivity contribution in [3.63, 3.8) is 0 Å². The minimum Gasteiger partial charge on any atom is -0.384 e. The third-order valence-corrected chi connectivity index (χ3v) is 5.96. The summed E-state index contributed by atoms with van der Waals surface area (Å²) in [6.07, 6.45) is 3.69. The summed E-state index contributed by atoms with van der Waals surface area (Å²) in [6, 6.07) is 13.6. The Labute approximate surface area is 161 Å². The molecule has 1 aliphatic rings. The fraction of sp³-hybridized carbons (Fsp3) is 0.455. The first-order valence-electron chi connectivity index (χ1n) is 9.38. The number of hydrogen-bond acceptors (Lipinski definition) is 4. The molecule has 1 N–H and O–H groups in total. The van der Waals surface area contributed by atoms with E-state index in [9.17, 15) is 0 Å². The van der Waals surface area contributed by atoms with E-state index in [-0.39, 0.29) is 6.61 Å². The SMILES string of the molecule is CN(Cc1cc(C#CCO)cs1)[C@@H]1CCCN(CCc2ccccc2)C1. The van der Waals surface area contributed by atoms with E-state index in [1.54, 1.807) is 11.3 Å². The molecule has 0 bridgehead atoms. The first-order chi connectivity index (χ1) is 12.7. The van der Waals surface area contributed by atoms with Gasteiger partial charge in [-0.2, -0.15) is 0 Å². The van der Waals surface area contributed by atoms with Crippen molar-refractivity contribution in [2.45, 2.75) is 31.8 Å². The van der Waals surface area contributed by atoms with Gasteiger partial charge in [-0.3, -0.25) is 4.90 Å². The largest absolute Gasteiger partial charge is 0.384 e. The number of nitrogens with zero attached hydrogens (tertiary/aromatic N) is 2. The molecule has 138 valence electrons. The number of hydrogen-bond donors (Lipinski definition) is 1. The number of aliphatic hydroxyl groups is 1. The van der Waals surface area contributed by atoms with Crippen LogP contribution < -0.4 is 0 Å². The van der Waals surface area contributed by atoms with Crippen molar-refractivity contribution in [1.29, 1.82) is 0 Å². The standard InChI is InChI=1S/C22H28N2OS/c1-23(17-22-15-20(18-26-22)9-6-14-25)21-10-5-12-24(16-21)13-11-19-7-3-2-4-8-19/h2-4,7-8,15,18,21,25H,5,10-14,16-17H2,1H3/t21-/m1/s1. The molecule has 1 aromatic heterocycles. The van der Waals surface area contributed by atoms with Gasteiger partial charge in [0.25, 0.3) is 0 Å². The maximum atomic E-state index is 8.81. The van der Waals surface area contributed by atoms with Crippen molar-refractivity contribution in [2.75, 3.05) is 33.3 Å². The molecule has 1 fully saturated rings. The summed E-state index contributed by atoms with van der Waals surface area (Å²) in [7, 11) is 2.24. The highest BCUT2D eigenvalue weighted by Crippen LogP contribution is 2.21. The van der Waals surface area contributed by atoms with E-state index in [0.717, 1.165) is 31.6 Å². The minimum atomic E-state index is -0.0774. The highest BCUT2D eigenvalue weighted by molar-refractivity contribution is 7.10. The van der Waals surface area contributed by atoms with Gasteiger partial charge >= 0.3 is 0 Å². The van der Waals surface area contributed by atoms with Crippen LogP contribution in [-0.2, 0) is 13.0 Å². The number of likely N-dealkylation sites (N-methyl/N-ethyl adjacent to an activating group) is 1. The Kier molecular flexibility index (Phi) is 7.28. The van der Waals surface area contributed by atoms with Crippen LogP contribution >= 0.6 is 11.3 Å². The van der Waals surface area contributed by atoms with Crippen LogP contribution in [0.15, 0.2) is 41.8 Å². The Bertz CT molecular complexity index is 731. The summed E-state index contributed by atoms with van der Waals surface area (Å²) in [5, 5.41) is 10.9. The van der Waals surface area contributed by atoms with E-state index in [0.29, 0.717) is 6.04 Å². The minimum absolute atomic E-state index is 0.0774. The highest BCUT2D eigenvalue weighted by atomic mass is 32.1. The maximum Gasteiger partial charge on any atom is 0.104 e. The average Bonchev–Trinajstić information content (AvgIpc) is 3.13.